The summed E-state index contributed by atoms with van der Waals surface area (Å²) >= 11 is 3.40. The van der Waals surface area contributed by atoms with Gasteiger partial charge in [-0.15, -0.1) is 6.58 Å². The van der Waals surface area contributed by atoms with Crippen molar-refractivity contribution in [2.24, 2.45) is 0 Å². The van der Waals surface area contributed by atoms with E-state index in [1.165, 1.54) is 4.31 Å². The summed E-state index contributed by atoms with van der Waals surface area (Å²) in [4.78, 5) is 0.315. The van der Waals surface area contributed by atoms with Gasteiger partial charge in [-0.2, -0.15) is 0 Å². The zero-order chi connectivity index (χ0) is 20.0. The van der Waals surface area contributed by atoms with Crippen molar-refractivity contribution in [3.8, 4) is 0 Å². The zero-order valence-electron chi connectivity index (χ0n) is 16.0. The molecule has 0 saturated heterocycles. The number of benzene rings is 1. The van der Waals surface area contributed by atoms with Gasteiger partial charge in [-0.25, -0.2) is 8.42 Å². The normalized spacial score (nSPS) is 19.3. The molecule has 148 valence electrons. The Hall–Kier alpha value is -1.41. The molecule has 1 aromatic carbocycles. The van der Waals surface area contributed by atoms with Crippen molar-refractivity contribution in [1.82, 2.24) is 9.62 Å². The average molecular weight is 455 g/mol. The third-order valence-electron chi connectivity index (χ3n) is 4.55. The van der Waals surface area contributed by atoms with Gasteiger partial charge in [0, 0.05) is 25.2 Å². The highest BCUT2D eigenvalue weighted by atomic mass is 79.9. The van der Waals surface area contributed by atoms with E-state index in [0.29, 0.717) is 23.6 Å². The second kappa shape index (κ2) is 9.68. The summed E-state index contributed by atoms with van der Waals surface area (Å²) in [5.74, 6) is 0. The minimum absolute atomic E-state index is 0.201. The lowest BCUT2D eigenvalue weighted by atomic mass is 9.97. The van der Waals surface area contributed by atoms with Gasteiger partial charge in [-0.3, -0.25) is 4.31 Å². The molecule has 0 aliphatic carbocycles. The lowest BCUT2D eigenvalue weighted by molar-refractivity contribution is 0.193. The molecule has 1 aliphatic rings. The molecule has 1 atom stereocenters. The molecule has 0 saturated carbocycles. The van der Waals surface area contributed by atoms with E-state index in [1.807, 2.05) is 31.2 Å². The minimum atomic E-state index is -3.66. The van der Waals surface area contributed by atoms with Gasteiger partial charge in [-0.05, 0) is 55.7 Å². The lowest BCUT2D eigenvalue weighted by Crippen LogP contribution is -2.26. The van der Waals surface area contributed by atoms with Crippen molar-refractivity contribution >= 4 is 26.0 Å². The largest absolute Gasteiger partial charge is 0.385 e. The molecule has 2 rings (SSSR count). The van der Waals surface area contributed by atoms with Crippen LogP contribution in [0.2, 0.25) is 0 Å². The Morgan fingerprint density at radius 2 is 2.15 bits per heavy atom. The predicted molar refractivity (Wildman–Crippen MR) is 113 cm³/mol. The monoisotopic (exact) mass is 454 g/mol. The molecule has 0 spiro atoms. The Kier molecular flexibility index (Phi) is 7.85. The van der Waals surface area contributed by atoms with Crippen LogP contribution in [0.25, 0.3) is 0 Å². The fourth-order valence-corrected chi connectivity index (χ4v) is 5.15. The van der Waals surface area contributed by atoms with E-state index in [1.54, 1.807) is 26.3 Å². The van der Waals surface area contributed by atoms with E-state index >= 15 is 0 Å². The molecule has 1 unspecified atom stereocenters. The summed E-state index contributed by atoms with van der Waals surface area (Å²) < 4.78 is 33.7. The highest BCUT2D eigenvalue weighted by Gasteiger charge is 2.34. The zero-order valence-corrected chi connectivity index (χ0v) is 18.4. The van der Waals surface area contributed by atoms with Crippen LogP contribution >= 0.6 is 15.9 Å². The number of fused-ring (bicyclic) bond motifs is 1. The first kappa shape index (κ1) is 21.9. The number of nitrogens with one attached hydrogen (secondary N) is 1. The van der Waals surface area contributed by atoms with Gasteiger partial charge in [0.15, 0.2) is 0 Å². The molecule has 0 bridgehead atoms. The van der Waals surface area contributed by atoms with Gasteiger partial charge in [0.05, 0.1) is 16.6 Å². The summed E-state index contributed by atoms with van der Waals surface area (Å²) in [5, 5.41) is 3.50. The van der Waals surface area contributed by atoms with Gasteiger partial charge in [-0.1, -0.05) is 34.1 Å². The van der Waals surface area contributed by atoms with Crippen LogP contribution in [0.3, 0.4) is 0 Å². The maximum atomic E-state index is 13.3. The maximum Gasteiger partial charge on any atom is 0.264 e. The van der Waals surface area contributed by atoms with E-state index in [4.69, 9.17) is 4.74 Å². The van der Waals surface area contributed by atoms with Gasteiger partial charge < -0.3 is 10.1 Å². The molecule has 7 heteroatoms. The molecule has 1 aromatic rings. The highest BCUT2D eigenvalue weighted by Crippen LogP contribution is 2.38. The van der Waals surface area contributed by atoms with E-state index < -0.39 is 10.0 Å². The number of halogens is 1. The molecule has 1 N–H and O–H groups in total. The summed E-state index contributed by atoms with van der Waals surface area (Å²) in [7, 11) is -0.388. The Labute approximate surface area is 171 Å². The Morgan fingerprint density at radius 1 is 1.41 bits per heavy atom. The quantitative estimate of drug-likeness (QED) is 0.473. The van der Waals surface area contributed by atoms with E-state index in [9.17, 15) is 8.42 Å². The third-order valence-corrected chi connectivity index (χ3v) is 6.87. The second-order valence-corrected chi connectivity index (χ2v) is 9.24. The first-order valence-corrected chi connectivity index (χ1v) is 11.1. The number of sulfonamides is 1. The van der Waals surface area contributed by atoms with Crippen molar-refractivity contribution in [3.05, 3.63) is 64.3 Å². The van der Waals surface area contributed by atoms with Crippen LogP contribution in [0.1, 0.15) is 31.4 Å². The number of allylic oxidation sites excluding steroid dienone is 3. The molecule has 0 amide bonds. The summed E-state index contributed by atoms with van der Waals surface area (Å²) in [5.41, 5.74) is 2.39. The molecule has 0 radical (unpaired) electrons. The minimum Gasteiger partial charge on any atom is -0.385 e. The number of ether oxygens (including phenoxy) is 1. The summed E-state index contributed by atoms with van der Waals surface area (Å²) in [6.45, 7) is 7.07. The van der Waals surface area contributed by atoms with Crippen molar-refractivity contribution < 1.29 is 13.2 Å². The number of likely N-dealkylation sites (N-methyl/N-ethyl adjacent to an activating group) is 1. The van der Waals surface area contributed by atoms with Crippen LogP contribution < -0.4 is 5.32 Å². The number of rotatable bonds is 8. The van der Waals surface area contributed by atoms with Crippen LogP contribution in [-0.2, 0) is 14.8 Å². The second-order valence-electron chi connectivity index (χ2n) is 6.38. The standard InChI is InChI=1S/C20H27BrN2O3S/c1-5-6-7-9-18-15(2)20(22-12-8-13-26-4)17-11-10-16(21)14-19(17)27(24,25)23(18)3/h5,7,9-11,14,20,22H,1,6,8,12-13H2,2-4H3/b9-7-. The Bertz CT molecular complexity index is 847. The van der Waals surface area contributed by atoms with Gasteiger partial charge in [0.2, 0.25) is 0 Å². The molecule has 1 aliphatic heterocycles. The Morgan fingerprint density at radius 3 is 2.81 bits per heavy atom. The summed E-state index contributed by atoms with van der Waals surface area (Å²) in [6.07, 6.45) is 7.08. The molecule has 0 fully saturated rings. The van der Waals surface area contributed by atoms with Gasteiger partial charge in [0.25, 0.3) is 10.0 Å². The van der Waals surface area contributed by atoms with E-state index in [-0.39, 0.29) is 6.04 Å². The third kappa shape index (κ3) is 4.90. The first-order chi connectivity index (χ1) is 12.8. The maximum absolute atomic E-state index is 13.3. The smallest absolute Gasteiger partial charge is 0.264 e. The SMILES string of the molecule is C=CC/C=C\C1=C(C)C(NCCCOC)c2ccc(Br)cc2S(=O)(=O)N1C. The van der Waals surface area contributed by atoms with Crippen LogP contribution in [0.5, 0.6) is 0 Å². The molecule has 0 aromatic heterocycles. The van der Waals surface area contributed by atoms with Crippen LogP contribution in [-0.4, -0.2) is 40.0 Å². The first-order valence-electron chi connectivity index (χ1n) is 8.83. The molecule has 5 nitrogen and oxygen atoms in total. The summed E-state index contributed by atoms with van der Waals surface area (Å²) in [6, 6.07) is 5.23. The van der Waals surface area contributed by atoms with Crippen LogP contribution in [0, 0.1) is 0 Å². The number of nitrogens with zero attached hydrogens (tertiary/aromatic N) is 1. The molecular weight excluding hydrogens is 428 g/mol. The lowest BCUT2D eigenvalue weighted by Gasteiger charge is -2.22. The molecule has 27 heavy (non-hydrogen) atoms. The highest BCUT2D eigenvalue weighted by molar-refractivity contribution is 9.10. The molecular formula is C20H27BrN2O3S. The van der Waals surface area contributed by atoms with Crippen molar-refractivity contribution in [2.75, 3.05) is 27.3 Å². The fraction of sp³-hybridized carbons (Fsp3) is 0.400. The average Bonchev–Trinajstić information content (AvgIpc) is 2.69. The fourth-order valence-electron chi connectivity index (χ4n) is 3.11. The number of hydrogen-bond acceptors (Lipinski definition) is 4. The van der Waals surface area contributed by atoms with Crippen molar-refractivity contribution in [1.29, 1.82) is 0 Å². The van der Waals surface area contributed by atoms with Gasteiger partial charge >= 0.3 is 0 Å². The number of methoxy groups -OCH3 is 1. The predicted octanol–water partition coefficient (Wildman–Crippen LogP) is 4.16. The van der Waals surface area contributed by atoms with Crippen molar-refractivity contribution in [3.63, 3.8) is 0 Å². The van der Waals surface area contributed by atoms with E-state index in [0.717, 1.165) is 28.6 Å². The van der Waals surface area contributed by atoms with Crippen LogP contribution in [0.15, 0.2) is 63.6 Å². The molecule has 1 heterocycles. The van der Waals surface area contributed by atoms with Crippen LogP contribution in [0.4, 0.5) is 0 Å². The van der Waals surface area contributed by atoms with E-state index in [2.05, 4.69) is 27.8 Å². The van der Waals surface area contributed by atoms with Crippen molar-refractivity contribution in [2.45, 2.75) is 30.7 Å². The number of hydrogen-bond donors (Lipinski definition) is 1. The Balaban J connectivity index is 2.58. The topological polar surface area (TPSA) is 58.6 Å². The van der Waals surface area contributed by atoms with Gasteiger partial charge in [0.1, 0.15) is 0 Å².